The number of anilines is 1. The molecule has 1 aliphatic carbocycles. The molecule has 0 saturated heterocycles. The minimum atomic E-state index is -0.162. The van der Waals surface area contributed by atoms with Crippen molar-refractivity contribution in [3.63, 3.8) is 0 Å². The summed E-state index contributed by atoms with van der Waals surface area (Å²) < 4.78 is 15.7. The van der Waals surface area contributed by atoms with Gasteiger partial charge in [-0.25, -0.2) is 9.37 Å². The van der Waals surface area contributed by atoms with Crippen LogP contribution in [0.15, 0.2) is 36.7 Å². The van der Waals surface area contributed by atoms with E-state index in [9.17, 15) is 4.39 Å². The molecular weight excluding hydrogens is 253 g/mol. The second kappa shape index (κ2) is 6.07. The largest absolute Gasteiger partial charge is 0.353 e. The van der Waals surface area contributed by atoms with Gasteiger partial charge in [0.1, 0.15) is 5.82 Å². The highest BCUT2D eigenvalue weighted by molar-refractivity contribution is 5.30. The highest BCUT2D eigenvalue weighted by atomic mass is 19.1. The summed E-state index contributed by atoms with van der Waals surface area (Å²) in [6.45, 7) is 0.516. The van der Waals surface area contributed by atoms with Crippen LogP contribution in [0.1, 0.15) is 37.7 Å². The van der Waals surface area contributed by atoms with E-state index >= 15 is 0 Å². The van der Waals surface area contributed by atoms with Crippen molar-refractivity contribution >= 4 is 5.95 Å². The average molecular weight is 273 g/mol. The van der Waals surface area contributed by atoms with Gasteiger partial charge in [-0.2, -0.15) is 0 Å². The predicted molar refractivity (Wildman–Crippen MR) is 78.2 cm³/mol. The topological polar surface area (TPSA) is 29.9 Å². The van der Waals surface area contributed by atoms with Gasteiger partial charge in [-0.3, -0.25) is 0 Å². The Kier molecular flexibility index (Phi) is 4.00. The first kappa shape index (κ1) is 13.2. The number of benzene rings is 1. The monoisotopic (exact) mass is 273 g/mol. The van der Waals surface area contributed by atoms with Crippen molar-refractivity contribution in [1.29, 1.82) is 0 Å². The Morgan fingerprint density at radius 3 is 2.80 bits per heavy atom. The molecule has 2 aromatic rings. The van der Waals surface area contributed by atoms with Crippen LogP contribution in [-0.2, 0) is 6.54 Å². The van der Waals surface area contributed by atoms with Crippen LogP contribution in [0.3, 0.4) is 0 Å². The molecule has 0 radical (unpaired) electrons. The molecule has 0 aliphatic heterocycles. The zero-order valence-electron chi connectivity index (χ0n) is 11.6. The SMILES string of the molecule is Fc1ccccc1Cn1ccnc1NC1CCCCC1. The molecular formula is C16H20FN3. The first-order valence-electron chi connectivity index (χ1n) is 7.34. The fourth-order valence-electron chi connectivity index (χ4n) is 2.82. The highest BCUT2D eigenvalue weighted by Gasteiger charge is 2.15. The van der Waals surface area contributed by atoms with E-state index in [4.69, 9.17) is 0 Å². The second-order valence-electron chi connectivity index (χ2n) is 5.45. The fourth-order valence-corrected chi connectivity index (χ4v) is 2.82. The first-order chi connectivity index (χ1) is 9.83. The van der Waals surface area contributed by atoms with E-state index in [2.05, 4.69) is 10.3 Å². The van der Waals surface area contributed by atoms with Crippen molar-refractivity contribution in [3.05, 3.63) is 48.0 Å². The van der Waals surface area contributed by atoms with Gasteiger partial charge in [0.25, 0.3) is 0 Å². The lowest BCUT2D eigenvalue weighted by Gasteiger charge is -2.23. The van der Waals surface area contributed by atoms with E-state index in [1.165, 1.54) is 38.2 Å². The normalized spacial score (nSPS) is 16.2. The summed E-state index contributed by atoms with van der Waals surface area (Å²) in [5.74, 6) is 0.685. The van der Waals surface area contributed by atoms with Crippen LogP contribution in [0.25, 0.3) is 0 Å². The van der Waals surface area contributed by atoms with Gasteiger partial charge in [-0.1, -0.05) is 37.5 Å². The van der Waals surface area contributed by atoms with Gasteiger partial charge in [-0.05, 0) is 18.9 Å². The molecule has 1 N–H and O–H groups in total. The van der Waals surface area contributed by atoms with Crippen molar-refractivity contribution in [2.24, 2.45) is 0 Å². The Balaban J connectivity index is 1.71. The second-order valence-corrected chi connectivity index (χ2v) is 5.45. The Morgan fingerprint density at radius 1 is 1.20 bits per heavy atom. The summed E-state index contributed by atoms with van der Waals surface area (Å²) in [4.78, 5) is 4.37. The molecule has 4 heteroatoms. The van der Waals surface area contributed by atoms with Crippen LogP contribution in [0, 0.1) is 5.82 Å². The third-order valence-corrected chi connectivity index (χ3v) is 3.95. The summed E-state index contributed by atoms with van der Waals surface area (Å²) in [6, 6.07) is 7.41. The molecule has 0 bridgehead atoms. The molecule has 3 nitrogen and oxygen atoms in total. The third kappa shape index (κ3) is 3.00. The Morgan fingerprint density at radius 2 is 2.00 bits per heavy atom. The zero-order valence-corrected chi connectivity index (χ0v) is 11.6. The minimum Gasteiger partial charge on any atom is -0.353 e. The van der Waals surface area contributed by atoms with Gasteiger partial charge < -0.3 is 9.88 Å². The molecule has 106 valence electrons. The molecule has 1 heterocycles. The Labute approximate surface area is 118 Å². The lowest BCUT2D eigenvalue weighted by molar-refractivity contribution is 0.459. The minimum absolute atomic E-state index is 0.162. The zero-order chi connectivity index (χ0) is 13.8. The number of rotatable bonds is 4. The van der Waals surface area contributed by atoms with Crippen molar-refractivity contribution in [2.75, 3.05) is 5.32 Å². The molecule has 1 fully saturated rings. The fraction of sp³-hybridized carbons (Fsp3) is 0.438. The van der Waals surface area contributed by atoms with Gasteiger partial charge in [0.15, 0.2) is 0 Å². The van der Waals surface area contributed by atoms with E-state index in [-0.39, 0.29) is 5.82 Å². The van der Waals surface area contributed by atoms with Crippen molar-refractivity contribution in [3.8, 4) is 0 Å². The van der Waals surface area contributed by atoms with Crippen molar-refractivity contribution in [2.45, 2.75) is 44.7 Å². The molecule has 1 aromatic heterocycles. The number of aromatic nitrogens is 2. The molecule has 0 unspecified atom stereocenters. The van der Waals surface area contributed by atoms with Gasteiger partial charge in [0, 0.05) is 24.0 Å². The molecule has 1 aliphatic rings. The molecule has 1 aromatic carbocycles. The number of nitrogens with zero attached hydrogens (tertiary/aromatic N) is 2. The quantitative estimate of drug-likeness (QED) is 0.918. The van der Waals surface area contributed by atoms with Crippen LogP contribution < -0.4 is 5.32 Å². The number of hydrogen-bond donors (Lipinski definition) is 1. The van der Waals surface area contributed by atoms with E-state index in [1.54, 1.807) is 12.3 Å². The van der Waals surface area contributed by atoms with Crippen molar-refractivity contribution in [1.82, 2.24) is 9.55 Å². The standard InChI is InChI=1S/C16H20FN3/c17-15-9-5-4-6-13(15)12-20-11-10-18-16(20)19-14-7-2-1-3-8-14/h4-6,9-11,14H,1-3,7-8,12H2,(H,18,19). The van der Waals surface area contributed by atoms with Crippen LogP contribution in [-0.4, -0.2) is 15.6 Å². The number of halogens is 1. The molecule has 3 rings (SSSR count). The van der Waals surface area contributed by atoms with Gasteiger partial charge in [0.2, 0.25) is 5.95 Å². The smallest absolute Gasteiger partial charge is 0.203 e. The van der Waals surface area contributed by atoms with E-state index < -0.39 is 0 Å². The summed E-state index contributed by atoms with van der Waals surface area (Å²) in [5.41, 5.74) is 0.692. The number of hydrogen-bond acceptors (Lipinski definition) is 2. The van der Waals surface area contributed by atoms with Crippen molar-refractivity contribution < 1.29 is 4.39 Å². The molecule has 1 saturated carbocycles. The highest BCUT2D eigenvalue weighted by Crippen LogP contribution is 2.21. The molecule has 0 atom stereocenters. The van der Waals surface area contributed by atoms with Crippen LogP contribution in [0.4, 0.5) is 10.3 Å². The molecule has 0 amide bonds. The number of imidazole rings is 1. The van der Waals surface area contributed by atoms with Crippen LogP contribution >= 0.6 is 0 Å². The average Bonchev–Trinajstić information content (AvgIpc) is 2.90. The maximum Gasteiger partial charge on any atom is 0.203 e. The summed E-state index contributed by atoms with van der Waals surface area (Å²) >= 11 is 0. The van der Waals surface area contributed by atoms with E-state index in [0.29, 0.717) is 18.2 Å². The lowest BCUT2D eigenvalue weighted by atomic mass is 9.96. The maximum atomic E-state index is 13.7. The molecule has 20 heavy (non-hydrogen) atoms. The summed E-state index contributed by atoms with van der Waals surface area (Å²) in [6.07, 6.45) is 9.97. The van der Waals surface area contributed by atoms with Crippen LogP contribution in [0.2, 0.25) is 0 Å². The van der Waals surface area contributed by atoms with Gasteiger partial charge in [0.05, 0.1) is 6.54 Å². The number of nitrogens with one attached hydrogen (secondary N) is 1. The van der Waals surface area contributed by atoms with Crippen LogP contribution in [0.5, 0.6) is 0 Å². The summed E-state index contributed by atoms with van der Waals surface area (Å²) in [7, 11) is 0. The maximum absolute atomic E-state index is 13.7. The van der Waals surface area contributed by atoms with E-state index in [1.807, 2.05) is 22.9 Å². The van der Waals surface area contributed by atoms with E-state index in [0.717, 1.165) is 5.95 Å². The van der Waals surface area contributed by atoms with Gasteiger partial charge >= 0.3 is 0 Å². The predicted octanol–water partition coefficient (Wildman–Crippen LogP) is 3.82. The Hall–Kier alpha value is -1.84. The first-order valence-corrected chi connectivity index (χ1v) is 7.34. The van der Waals surface area contributed by atoms with Gasteiger partial charge in [-0.15, -0.1) is 0 Å². The molecule has 0 spiro atoms. The summed E-state index contributed by atoms with van der Waals surface area (Å²) in [5, 5.41) is 3.50. The third-order valence-electron chi connectivity index (χ3n) is 3.95. The lowest BCUT2D eigenvalue weighted by Crippen LogP contribution is -2.24. The Bertz CT molecular complexity index is 558.